The molecule has 0 bridgehead atoms. The number of amides is 1. The molecule has 2 rings (SSSR count). The Morgan fingerprint density at radius 2 is 1.96 bits per heavy atom. The normalized spacial score (nSPS) is 16.2. The molecule has 0 spiro atoms. The van der Waals surface area contributed by atoms with Crippen molar-refractivity contribution in [2.24, 2.45) is 5.92 Å². The van der Waals surface area contributed by atoms with Crippen LogP contribution in [-0.4, -0.2) is 56.6 Å². The molecule has 0 atom stereocenters. The monoisotopic (exact) mass is 320 g/mol. The predicted octanol–water partition coefficient (Wildman–Crippen LogP) is 2.39. The number of carbonyl (C=O) groups is 1. The SMILES string of the molecule is COc1ccc(CN(C)C(=O)CN2CCC(C)CC2)c(OC)c1. The van der Waals surface area contributed by atoms with Gasteiger partial charge in [-0.15, -0.1) is 0 Å². The fourth-order valence-corrected chi connectivity index (χ4v) is 2.86. The zero-order valence-electron chi connectivity index (χ0n) is 14.7. The molecule has 0 unspecified atom stereocenters. The third-order valence-corrected chi connectivity index (χ3v) is 4.56. The van der Waals surface area contributed by atoms with E-state index in [2.05, 4.69) is 11.8 Å². The Balaban J connectivity index is 1.93. The minimum absolute atomic E-state index is 0.150. The van der Waals surface area contributed by atoms with Crippen LogP contribution in [0.4, 0.5) is 0 Å². The van der Waals surface area contributed by atoms with E-state index in [4.69, 9.17) is 9.47 Å². The molecular formula is C18H28N2O3. The minimum atomic E-state index is 0.150. The highest BCUT2D eigenvalue weighted by atomic mass is 16.5. The van der Waals surface area contributed by atoms with Gasteiger partial charge in [0.1, 0.15) is 11.5 Å². The zero-order valence-corrected chi connectivity index (χ0v) is 14.7. The molecule has 0 radical (unpaired) electrons. The lowest BCUT2D eigenvalue weighted by Gasteiger charge is -2.31. The topological polar surface area (TPSA) is 42.0 Å². The van der Waals surface area contributed by atoms with E-state index in [1.54, 1.807) is 19.1 Å². The van der Waals surface area contributed by atoms with Crippen LogP contribution < -0.4 is 9.47 Å². The summed E-state index contributed by atoms with van der Waals surface area (Å²) in [6.45, 7) is 5.36. The summed E-state index contributed by atoms with van der Waals surface area (Å²) in [7, 11) is 5.11. The number of nitrogens with zero attached hydrogens (tertiary/aromatic N) is 2. The van der Waals surface area contributed by atoms with Crippen LogP contribution in [-0.2, 0) is 11.3 Å². The fourth-order valence-electron chi connectivity index (χ4n) is 2.86. The van der Waals surface area contributed by atoms with Gasteiger partial charge in [0.25, 0.3) is 0 Å². The van der Waals surface area contributed by atoms with Crippen LogP contribution in [0.2, 0.25) is 0 Å². The van der Waals surface area contributed by atoms with Gasteiger partial charge in [0.05, 0.1) is 20.8 Å². The van der Waals surface area contributed by atoms with E-state index < -0.39 is 0 Å². The van der Waals surface area contributed by atoms with E-state index in [9.17, 15) is 4.79 Å². The molecule has 23 heavy (non-hydrogen) atoms. The molecule has 1 aromatic rings. The molecular weight excluding hydrogens is 292 g/mol. The Morgan fingerprint density at radius 3 is 2.57 bits per heavy atom. The summed E-state index contributed by atoms with van der Waals surface area (Å²) >= 11 is 0. The van der Waals surface area contributed by atoms with Crippen molar-refractivity contribution in [3.8, 4) is 11.5 Å². The first-order valence-corrected chi connectivity index (χ1v) is 8.20. The quantitative estimate of drug-likeness (QED) is 0.807. The van der Waals surface area contributed by atoms with Crippen molar-refractivity contribution in [2.45, 2.75) is 26.3 Å². The third-order valence-electron chi connectivity index (χ3n) is 4.56. The molecule has 5 nitrogen and oxygen atoms in total. The largest absolute Gasteiger partial charge is 0.497 e. The van der Waals surface area contributed by atoms with E-state index in [0.29, 0.717) is 13.1 Å². The maximum Gasteiger partial charge on any atom is 0.236 e. The predicted molar refractivity (Wildman–Crippen MR) is 90.9 cm³/mol. The number of benzene rings is 1. The number of likely N-dealkylation sites (N-methyl/N-ethyl adjacent to an activating group) is 1. The first-order chi connectivity index (χ1) is 11.0. The lowest BCUT2D eigenvalue weighted by atomic mass is 9.99. The van der Waals surface area contributed by atoms with Crippen molar-refractivity contribution in [2.75, 3.05) is 40.9 Å². The van der Waals surface area contributed by atoms with Gasteiger partial charge < -0.3 is 14.4 Å². The number of likely N-dealkylation sites (tertiary alicyclic amines) is 1. The summed E-state index contributed by atoms with van der Waals surface area (Å²) in [5.41, 5.74) is 0.983. The van der Waals surface area contributed by atoms with Crippen molar-refractivity contribution in [1.82, 2.24) is 9.80 Å². The number of hydrogen-bond donors (Lipinski definition) is 0. The molecule has 1 aliphatic heterocycles. The Hall–Kier alpha value is -1.75. The maximum atomic E-state index is 12.4. The molecule has 1 amide bonds. The second-order valence-electron chi connectivity index (χ2n) is 6.39. The van der Waals surface area contributed by atoms with Crippen molar-refractivity contribution in [1.29, 1.82) is 0 Å². The van der Waals surface area contributed by atoms with Crippen molar-refractivity contribution >= 4 is 5.91 Å². The summed E-state index contributed by atoms with van der Waals surface area (Å²) in [5.74, 6) is 2.43. The molecule has 0 saturated carbocycles. The second kappa shape index (κ2) is 8.20. The molecule has 0 N–H and O–H groups in total. The van der Waals surface area contributed by atoms with Gasteiger partial charge >= 0.3 is 0 Å². The number of piperidine rings is 1. The van der Waals surface area contributed by atoms with Gasteiger partial charge in [-0.05, 0) is 44.0 Å². The van der Waals surface area contributed by atoms with Crippen LogP contribution >= 0.6 is 0 Å². The Morgan fingerprint density at radius 1 is 1.26 bits per heavy atom. The molecule has 1 heterocycles. The zero-order chi connectivity index (χ0) is 16.8. The second-order valence-corrected chi connectivity index (χ2v) is 6.39. The summed E-state index contributed by atoms with van der Waals surface area (Å²) in [6, 6.07) is 5.69. The molecule has 1 fully saturated rings. The molecule has 0 aliphatic carbocycles. The van der Waals surface area contributed by atoms with Gasteiger partial charge in [-0.1, -0.05) is 6.92 Å². The number of rotatable bonds is 6. The molecule has 1 saturated heterocycles. The van der Waals surface area contributed by atoms with Gasteiger partial charge in [0, 0.05) is 25.2 Å². The van der Waals surface area contributed by atoms with Crippen LogP contribution in [0.25, 0.3) is 0 Å². The molecule has 1 aromatic carbocycles. The van der Waals surface area contributed by atoms with Gasteiger partial charge in [0.2, 0.25) is 5.91 Å². The first kappa shape index (κ1) is 17.6. The van der Waals surface area contributed by atoms with Crippen LogP contribution in [0.15, 0.2) is 18.2 Å². The summed E-state index contributed by atoms with van der Waals surface area (Å²) in [6.07, 6.45) is 2.37. The average molecular weight is 320 g/mol. The highest BCUT2D eigenvalue weighted by Crippen LogP contribution is 2.25. The number of carbonyl (C=O) groups excluding carboxylic acids is 1. The number of ether oxygens (including phenoxy) is 2. The standard InChI is InChI=1S/C18H28N2O3/c1-14-7-9-20(10-8-14)13-18(21)19(2)12-15-5-6-16(22-3)11-17(15)23-4/h5-6,11,14H,7-10,12-13H2,1-4H3. The van der Waals surface area contributed by atoms with Gasteiger partial charge in [0.15, 0.2) is 0 Å². The van der Waals surface area contributed by atoms with Crippen molar-refractivity contribution in [3.05, 3.63) is 23.8 Å². The van der Waals surface area contributed by atoms with E-state index in [-0.39, 0.29) is 5.91 Å². The van der Waals surface area contributed by atoms with E-state index >= 15 is 0 Å². The van der Waals surface area contributed by atoms with Crippen molar-refractivity contribution in [3.63, 3.8) is 0 Å². The average Bonchev–Trinajstić information content (AvgIpc) is 2.57. The van der Waals surface area contributed by atoms with Crippen LogP contribution in [0.5, 0.6) is 11.5 Å². The number of hydrogen-bond acceptors (Lipinski definition) is 4. The van der Waals surface area contributed by atoms with Gasteiger partial charge in [-0.2, -0.15) is 0 Å². The summed E-state index contributed by atoms with van der Waals surface area (Å²) in [4.78, 5) is 16.5. The third kappa shape index (κ3) is 4.86. The highest BCUT2D eigenvalue weighted by molar-refractivity contribution is 5.78. The fraction of sp³-hybridized carbons (Fsp3) is 0.611. The molecule has 0 aromatic heterocycles. The summed E-state index contributed by atoms with van der Waals surface area (Å²) < 4.78 is 10.6. The Bertz CT molecular complexity index is 525. The van der Waals surface area contributed by atoms with Crippen LogP contribution in [0, 0.1) is 5.92 Å². The summed E-state index contributed by atoms with van der Waals surface area (Å²) in [5, 5.41) is 0. The Labute approximate surface area is 139 Å². The highest BCUT2D eigenvalue weighted by Gasteiger charge is 2.20. The van der Waals surface area contributed by atoms with E-state index in [1.165, 1.54) is 12.8 Å². The maximum absolute atomic E-state index is 12.4. The number of methoxy groups -OCH3 is 2. The lowest BCUT2D eigenvalue weighted by Crippen LogP contribution is -2.41. The van der Waals surface area contributed by atoms with Gasteiger partial charge in [-0.3, -0.25) is 9.69 Å². The van der Waals surface area contributed by atoms with Crippen LogP contribution in [0.3, 0.4) is 0 Å². The van der Waals surface area contributed by atoms with Crippen LogP contribution in [0.1, 0.15) is 25.3 Å². The molecule has 1 aliphatic rings. The van der Waals surface area contributed by atoms with Crippen molar-refractivity contribution < 1.29 is 14.3 Å². The van der Waals surface area contributed by atoms with E-state index in [1.807, 2.05) is 25.2 Å². The smallest absolute Gasteiger partial charge is 0.236 e. The van der Waals surface area contributed by atoms with Gasteiger partial charge in [-0.25, -0.2) is 0 Å². The van der Waals surface area contributed by atoms with E-state index in [0.717, 1.165) is 36.1 Å². The first-order valence-electron chi connectivity index (χ1n) is 8.20. The lowest BCUT2D eigenvalue weighted by molar-refractivity contribution is -0.132. The molecule has 128 valence electrons. The minimum Gasteiger partial charge on any atom is -0.497 e. The Kier molecular flexibility index (Phi) is 6.28. The molecule has 5 heteroatoms.